The zero-order chi connectivity index (χ0) is 23.1. The number of nitrogens with one attached hydrogen (secondary N) is 1. The van der Waals surface area contributed by atoms with Crippen molar-refractivity contribution in [3.63, 3.8) is 0 Å². The van der Waals surface area contributed by atoms with Crippen molar-refractivity contribution in [2.45, 2.75) is 58.3 Å². The van der Waals surface area contributed by atoms with Crippen LogP contribution < -0.4 is 5.32 Å². The van der Waals surface area contributed by atoms with Gasteiger partial charge in [-0.2, -0.15) is 0 Å². The molecule has 1 aliphatic rings. The second-order valence-electron chi connectivity index (χ2n) is 8.69. The molecule has 3 rings (SSSR count). The van der Waals surface area contributed by atoms with Crippen molar-refractivity contribution in [3.05, 3.63) is 47.0 Å². The zero-order valence-electron chi connectivity index (χ0n) is 19.4. The molecule has 0 fully saturated rings. The number of hydrogen-bond acceptors (Lipinski definition) is 6. The molecular formula is C24H33N5O3. The Balaban J connectivity index is 1.58. The van der Waals surface area contributed by atoms with Crippen LogP contribution in [0.2, 0.25) is 0 Å². The maximum Gasteiger partial charge on any atom is 0.222 e. The third kappa shape index (κ3) is 6.89. The fraction of sp³-hybridized carbons (Fsp3) is 0.542. The minimum atomic E-state index is -0.993. The molecule has 1 aliphatic heterocycles. The summed E-state index contributed by atoms with van der Waals surface area (Å²) in [4.78, 5) is 14.4. The van der Waals surface area contributed by atoms with E-state index < -0.39 is 5.60 Å². The van der Waals surface area contributed by atoms with Gasteiger partial charge in [-0.1, -0.05) is 24.0 Å². The van der Waals surface area contributed by atoms with Crippen molar-refractivity contribution in [2.24, 2.45) is 0 Å². The van der Waals surface area contributed by atoms with E-state index in [0.29, 0.717) is 13.0 Å². The third-order valence-electron chi connectivity index (χ3n) is 5.32. The lowest BCUT2D eigenvalue weighted by atomic mass is 10.1. The van der Waals surface area contributed by atoms with Gasteiger partial charge in [0.1, 0.15) is 11.4 Å². The highest BCUT2D eigenvalue weighted by molar-refractivity contribution is 5.76. The SMILES string of the molecule is COCCC(=O)N[C@H](C)c1nnc2n1CCN(Cc1ccc(C#CC(C)(C)O)cc1)CC2. The van der Waals surface area contributed by atoms with Crippen molar-refractivity contribution in [1.82, 2.24) is 25.0 Å². The standard InChI is InChI=1S/C24H33N5O3/c1-18(25-22(30)11-16-32-4)23-27-26-21-10-13-28(14-15-29(21)23)17-20-7-5-19(6-8-20)9-12-24(2,3)31/h5-8,18,31H,10-11,13-17H2,1-4H3,(H,25,30)/t18-/m1/s1. The van der Waals surface area contributed by atoms with Gasteiger partial charge in [-0.15, -0.1) is 10.2 Å². The largest absolute Gasteiger partial charge is 0.384 e. The Morgan fingerprint density at radius 1 is 1.25 bits per heavy atom. The number of ether oxygens (including phenoxy) is 1. The predicted octanol–water partition coefficient (Wildman–Crippen LogP) is 1.67. The van der Waals surface area contributed by atoms with E-state index in [-0.39, 0.29) is 11.9 Å². The second kappa shape index (κ2) is 10.7. The van der Waals surface area contributed by atoms with E-state index in [1.807, 2.05) is 19.1 Å². The molecule has 2 aromatic rings. The molecule has 172 valence electrons. The van der Waals surface area contributed by atoms with Gasteiger partial charge < -0.3 is 19.7 Å². The molecule has 2 heterocycles. The summed E-state index contributed by atoms with van der Waals surface area (Å²) in [5.41, 5.74) is 1.12. The van der Waals surface area contributed by atoms with E-state index in [4.69, 9.17) is 4.74 Å². The number of carbonyl (C=O) groups is 1. The average Bonchev–Trinajstić information content (AvgIpc) is 3.06. The fourth-order valence-electron chi connectivity index (χ4n) is 3.62. The number of fused-ring (bicyclic) bond motifs is 1. The van der Waals surface area contributed by atoms with Gasteiger partial charge in [0.15, 0.2) is 5.82 Å². The minimum Gasteiger partial charge on any atom is -0.384 e. The number of amides is 1. The summed E-state index contributed by atoms with van der Waals surface area (Å²) in [6.45, 7) is 9.09. The first kappa shape index (κ1) is 23.9. The average molecular weight is 440 g/mol. The van der Waals surface area contributed by atoms with Crippen LogP contribution >= 0.6 is 0 Å². The fourth-order valence-corrected chi connectivity index (χ4v) is 3.62. The van der Waals surface area contributed by atoms with Gasteiger partial charge >= 0.3 is 0 Å². The normalized spacial score (nSPS) is 15.3. The molecule has 0 spiro atoms. The molecule has 1 aromatic heterocycles. The van der Waals surface area contributed by atoms with Crippen LogP contribution in [-0.4, -0.2) is 63.1 Å². The first-order valence-corrected chi connectivity index (χ1v) is 11.0. The third-order valence-corrected chi connectivity index (χ3v) is 5.32. The first-order valence-electron chi connectivity index (χ1n) is 11.0. The Bertz CT molecular complexity index is 966. The summed E-state index contributed by atoms with van der Waals surface area (Å²) >= 11 is 0. The zero-order valence-corrected chi connectivity index (χ0v) is 19.4. The van der Waals surface area contributed by atoms with Gasteiger partial charge in [-0.25, -0.2) is 0 Å². The van der Waals surface area contributed by atoms with Crippen LogP contribution in [0.3, 0.4) is 0 Å². The lowest BCUT2D eigenvalue weighted by Crippen LogP contribution is -2.30. The number of hydrogen-bond donors (Lipinski definition) is 2. The number of aliphatic hydroxyl groups is 1. The molecule has 0 radical (unpaired) electrons. The first-order chi connectivity index (χ1) is 15.2. The van der Waals surface area contributed by atoms with Crippen molar-refractivity contribution >= 4 is 5.91 Å². The number of aromatic nitrogens is 3. The summed E-state index contributed by atoms with van der Waals surface area (Å²) in [5, 5.41) is 21.4. The maximum absolute atomic E-state index is 12.0. The molecule has 8 nitrogen and oxygen atoms in total. The van der Waals surface area contributed by atoms with Gasteiger partial charge in [-0.05, 0) is 38.5 Å². The highest BCUT2D eigenvalue weighted by Gasteiger charge is 2.22. The van der Waals surface area contributed by atoms with Gasteiger partial charge in [-0.3, -0.25) is 9.69 Å². The van der Waals surface area contributed by atoms with Crippen LogP contribution in [0.5, 0.6) is 0 Å². The van der Waals surface area contributed by atoms with Gasteiger partial charge in [0.2, 0.25) is 5.91 Å². The van der Waals surface area contributed by atoms with Crippen molar-refractivity contribution in [2.75, 3.05) is 26.8 Å². The Kier molecular flexibility index (Phi) is 8.02. The van der Waals surface area contributed by atoms with Crippen LogP contribution in [0, 0.1) is 11.8 Å². The molecule has 32 heavy (non-hydrogen) atoms. The molecular weight excluding hydrogens is 406 g/mol. The van der Waals surface area contributed by atoms with Crippen LogP contribution in [-0.2, 0) is 29.0 Å². The van der Waals surface area contributed by atoms with Crippen molar-refractivity contribution in [3.8, 4) is 11.8 Å². The lowest BCUT2D eigenvalue weighted by molar-refractivity contribution is -0.122. The quantitative estimate of drug-likeness (QED) is 0.638. The van der Waals surface area contributed by atoms with E-state index in [0.717, 1.165) is 49.8 Å². The van der Waals surface area contributed by atoms with Crippen LogP contribution in [0.1, 0.15) is 56.0 Å². The van der Waals surface area contributed by atoms with Crippen LogP contribution in [0.15, 0.2) is 24.3 Å². The van der Waals surface area contributed by atoms with E-state index >= 15 is 0 Å². The summed E-state index contributed by atoms with van der Waals surface area (Å²) in [6, 6.07) is 7.95. The summed E-state index contributed by atoms with van der Waals surface area (Å²) in [6.07, 6.45) is 1.14. The van der Waals surface area contributed by atoms with Crippen LogP contribution in [0.4, 0.5) is 0 Å². The summed E-state index contributed by atoms with van der Waals surface area (Å²) < 4.78 is 7.10. The van der Waals surface area contributed by atoms with Crippen LogP contribution in [0.25, 0.3) is 0 Å². The van der Waals surface area contributed by atoms with E-state index in [1.54, 1.807) is 21.0 Å². The molecule has 0 unspecified atom stereocenters. The molecule has 1 amide bonds. The number of nitrogens with zero attached hydrogens (tertiary/aromatic N) is 4. The monoisotopic (exact) mass is 439 g/mol. The van der Waals surface area contributed by atoms with Gasteiger partial charge in [0.05, 0.1) is 12.6 Å². The smallest absolute Gasteiger partial charge is 0.222 e. The molecule has 0 bridgehead atoms. The van der Waals surface area contributed by atoms with E-state index in [9.17, 15) is 9.90 Å². The van der Waals surface area contributed by atoms with E-state index in [1.165, 1.54) is 5.56 Å². The summed E-state index contributed by atoms with van der Waals surface area (Å²) in [5.74, 6) is 7.54. The molecule has 0 saturated carbocycles. The number of methoxy groups -OCH3 is 1. The predicted molar refractivity (Wildman–Crippen MR) is 122 cm³/mol. The highest BCUT2D eigenvalue weighted by Crippen LogP contribution is 2.17. The number of rotatable bonds is 7. The Hall–Kier alpha value is -2.73. The van der Waals surface area contributed by atoms with E-state index in [2.05, 4.69) is 49.0 Å². The van der Waals surface area contributed by atoms with Crippen molar-refractivity contribution < 1.29 is 14.6 Å². The topological polar surface area (TPSA) is 92.5 Å². The molecule has 1 aromatic carbocycles. The Morgan fingerprint density at radius 2 is 2.00 bits per heavy atom. The lowest BCUT2D eigenvalue weighted by Gasteiger charge is -2.20. The number of benzene rings is 1. The second-order valence-corrected chi connectivity index (χ2v) is 8.69. The maximum atomic E-state index is 12.0. The molecule has 8 heteroatoms. The molecule has 0 aliphatic carbocycles. The van der Waals surface area contributed by atoms with Gasteiger partial charge in [0, 0.05) is 51.7 Å². The van der Waals surface area contributed by atoms with Gasteiger partial charge in [0.25, 0.3) is 0 Å². The Morgan fingerprint density at radius 3 is 2.69 bits per heavy atom. The minimum absolute atomic E-state index is 0.0531. The summed E-state index contributed by atoms with van der Waals surface area (Å²) in [7, 11) is 1.58. The molecule has 2 N–H and O–H groups in total. The highest BCUT2D eigenvalue weighted by atomic mass is 16.5. The molecule has 1 atom stereocenters. The van der Waals surface area contributed by atoms with Crippen molar-refractivity contribution in [1.29, 1.82) is 0 Å². The molecule has 0 saturated heterocycles. The Labute approximate surface area is 190 Å². The number of carbonyl (C=O) groups excluding carboxylic acids is 1.